The molecule has 0 aromatic heterocycles. The van der Waals surface area contributed by atoms with E-state index in [1.54, 1.807) is 49.6 Å². The smallest absolute Gasteiger partial charge is 0.329 e. The summed E-state index contributed by atoms with van der Waals surface area (Å²) < 4.78 is 16.2. The first kappa shape index (κ1) is 28.7. The average Bonchev–Trinajstić information content (AvgIpc) is 2.96. The number of rotatable bonds is 11. The summed E-state index contributed by atoms with van der Waals surface area (Å²) in [5.74, 6) is -0.871. The predicted octanol–water partition coefficient (Wildman–Crippen LogP) is 3.93. The number of ether oxygens (including phenoxy) is 3. The molecule has 0 radical (unpaired) electrons. The zero-order valence-electron chi connectivity index (χ0n) is 22.4. The second-order valence-electron chi connectivity index (χ2n) is 8.26. The first-order chi connectivity index (χ1) is 18.9. The summed E-state index contributed by atoms with van der Waals surface area (Å²) in [6, 6.07) is 17.6. The van der Waals surface area contributed by atoms with Gasteiger partial charge < -0.3 is 24.8 Å². The van der Waals surface area contributed by atoms with Crippen molar-refractivity contribution in [2.45, 2.75) is 26.7 Å². The molecule has 0 unspecified atom stereocenters. The number of para-hydroxylation sites is 2. The Kier molecular flexibility index (Phi) is 10.4. The fraction of sp³-hybridized carbons (Fsp3) is 0.241. The Morgan fingerprint density at radius 2 is 1.49 bits per heavy atom. The molecule has 3 amide bonds. The highest BCUT2D eigenvalue weighted by Gasteiger charge is 2.17. The Morgan fingerprint density at radius 3 is 2.10 bits per heavy atom. The van der Waals surface area contributed by atoms with Crippen LogP contribution in [-0.2, 0) is 27.2 Å². The second-order valence-corrected chi connectivity index (χ2v) is 8.26. The largest absolute Gasteiger partial charge is 0.497 e. The van der Waals surface area contributed by atoms with Crippen LogP contribution < -0.4 is 30.3 Å². The molecular weight excluding hydrogens is 500 g/mol. The van der Waals surface area contributed by atoms with E-state index in [0.717, 1.165) is 11.1 Å². The molecule has 0 heterocycles. The Morgan fingerprint density at radius 1 is 0.821 bits per heavy atom. The number of amides is 3. The van der Waals surface area contributed by atoms with Gasteiger partial charge in [-0.15, -0.1) is 0 Å². The highest BCUT2D eigenvalue weighted by Crippen LogP contribution is 2.30. The second kappa shape index (κ2) is 14.2. The topological polar surface area (TPSA) is 127 Å². The first-order valence-electron chi connectivity index (χ1n) is 12.4. The van der Waals surface area contributed by atoms with Crippen molar-refractivity contribution in [3.05, 3.63) is 77.4 Å². The fourth-order valence-electron chi connectivity index (χ4n) is 3.74. The standard InChI is InChI=1S/C29H32N4O6/c1-5-19-9-7-10-20(6-2)26(19)32-28(35)29(36)33-30-17-21-11-8-12-24(38-4)27(21)39-18-25(34)31-22-13-15-23(37-3)16-14-22/h7-17H,5-6,18H2,1-4H3,(H,31,34)(H,32,35)(H,33,36)/b30-17-. The van der Waals surface area contributed by atoms with Gasteiger partial charge in [-0.1, -0.05) is 38.1 Å². The average molecular weight is 533 g/mol. The van der Waals surface area contributed by atoms with E-state index in [-0.39, 0.29) is 12.4 Å². The minimum Gasteiger partial charge on any atom is -0.497 e. The third-order valence-electron chi connectivity index (χ3n) is 5.76. The predicted molar refractivity (Wildman–Crippen MR) is 150 cm³/mol. The van der Waals surface area contributed by atoms with Crippen LogP contribution in [0.1, 0.15) is 30.5 Å². The van der Waals surface area contributed by atoms with E-state index in [1.807, 2.05) is 32.0 Å². The van der Waals surface area contributed by atoms with E-state index in [1.165, 1.54) is 13.3 Å². The van der Waals surface area contributed by atoms with Gasteiger partial charge in [-0.2, -0.15) is 5.10 Å². The maximum atomic E-state index is 12.5. The van der Waals surface area contributed by atoms with Gasteiger partial charge in [0.05, 0.1) is 20.4 Å². The number of benzene rings is 3. The number of anilines is 2. The van der Waals surface area contributed by atoms with Crippen LogP contribution in [0, 0.1) is 0 Å². The monoisotopic (exact) mass is 532 g/mol. The van der Waals surface area contributed by atoms with Gasteiger partial charge in [0.1, 0.15) is 5.75 Å². The van der Waals surface area contributed by atoms with E-state index in [0.29, 0.717) is 41.3 Å². The van der Waals surface area contributed by atoms with E-state index in [9.17, 15) is 14.4 Å². The van der Waals surface area contributed by atoms with Crippen LogP contribution in [0.4, 0.5) is 11.4 Å². The van der Waals surface area contributed by atoms with Crippen molar-refractivity contribution in [3.8, 4) is 17.2 Å². The molecule has 0 atom stereocenters. The molecule has 0 saturated heterocycles. The Hall–Kier alpha value is -4.86. The highest BCUT2D eigenvalue weighted by atomic mass is 16.5. The SMILES string of the molecule is CCc1cccc(CC)c1NC(=O)C(=O)N/N=C\c1cccc(OC)c1OCC(=O)Nc1ccc(OC)cc1. The maximum Gasteiger partial charge on any atom is 0.329 e. The Balaban J connectivity index is 1.64. The molecule has 39 heavy (non-hydrogen) atoms. The van der Waals surface area contributed by atoms with Gasteiger partial charge in [-0.25, -0.2) is 5.43 Å². The molecule has 10 heteroatoms. The third kappa shape index (κ3) is 7.81. The molecule has 3 aromatic rings. The number of nitrogens with zero attached hydrogens (tertiary/aromatic N) is 1. The first-order valence-corrected chi connectivity index (χ1v) is 12.4. The normalized spacial score (nSPS) is 10.6. The van der Waals surface area contributed by atoms with Gasteiger partial charge in [0.2, 0.25) is 0 Å². The zero-order chi connectivity index (χ0) is 28.2. The number of hydrogen-bond acceptors (Lipinski definition) is 7. The van der Waals surface area contributed by atoms with Crippen molar-refractivity contribution in [2.75, 3.05) is 31.5 Å². The molecule has 0 aliphatic carbocycles. The lowest BCUT2D eigenvalue weighted by atomic mass is 10.0. The zero-order valence-corrected chi connectivity index (χ0v) is 22.4. The van der Waals surface area contributed by atoms with Gasteiger partial charge in [-0.3, -0.25) is 14.4 Å². The molecule has 0 spiro atoms. The molecule has 0 aliphatic rings. The van der Waals surface area contributed by atoms with Crippen LogP contribution in [0.5, 0.6) is 17.2 Å². The number of nitrogens with one attached hydrogen (secondary N) is 3. The maximum absolute atomic E-state index is 12.5. The Bertz CT molecular complexity index is 1320. The summed E-state index contributed by atoms with van der Waals surface area (Å²) >= 11 is 0. The molecule has 3 aromatic carbocycles. The van der Waals surface area contributed by atoms with Gasteiger partial charge in [0.25, 0.3) is 5.91 Å². The number of aryl methyl sites for hydroxylation is 2. The van der Waals surface area contributed by atoms with E-state index in [4.69, 9.17) is 14.2 Å². The highest BCUT2D eigenvalue weighted by molar-refractivity contribution is 6.39. The van der Waals surface area contributed by atoms with Crippen molar-refractivity contribution < 1.29 is 28.6 Å². The van der Waals surface area contributed by atoms with Gasteiger partial charge in [0, 0.05) is 16.9 Å². The molecule has 3 rings (SSSR count). The number of hydrogen-bond donors (Lipinski definition) is 3. The van der Waals surface area contributed by atoms with Crippen LogP contribution in [0.3, 0.4) is 0 Å². The van der Waals surface area contributed by atoms with Crippen molar-refractivity contribution >= 4 is 35.3 Å². The fourth-order valence-corrected chi connectivity index (χ4v) is 3.74. The van der Waals surface area contributed by atoms with Crippen LogP contribution in [-0.4, -0.2) is 44.8 Å². The molecular formula is C29H32N4O6. The quantitative estimate of drug-likeness (QED) is 0.195. The minimum atomic E-state index is -0.927. The van der Waals surface area contributed by atoms with Crippen molar-refractivity contribution in [2.24, 2.45) is 5.10 Å². The van der Waals surface area contributed by atoms with E-state index in [2.05, 4.69) is 21.2 Å². The van der Waals surface area contributed by atoms with E-state index >= 15 is 0 Å². The summed E-state index contributed by atoms with van der Waals surface area (Å²) in [5, 5.41) is 9.33. The van der Waals surface area contributed by atoms with Gasteiger partial charge in [0.15, 0.2) is 18.1 Å². The number of carbonyl (C=O) groups excluding carboxylic acids is 3. The van der Waals surface area contributed by atoms with Crippen LogP contribution in [0.15, 0.2) is 65.8 Å². The lowest BCUT2D eigenvalue weighted by Gasteiger charge is -2.14. The molecule has 0 bridgehead atoms. The van der Waals surface area contributed by atoms with Crippen LogP contribution in [0.2, 0.25) is 0 Å². The van der Waals surface area contributed by atoms with Gasteiger partial charge >= 0.3 is 11.8 Å². The lowest BCUT2D eigenvalue weighted by molar-refractivity contribution is -0.136. The van der Waals surface area contributed by atoms with Crippen molar-refractivity contribution in [1.82, 2.24) is 5.43 Å². The summed E-state index contributed by atoms with van der Waals surface area (Å²) in [6.45, 7) is 3.65. The summed E-state index contributed by atoms with van der Waals surface area (Å²) in [7, 11) is 3.02. The number of methoxy groups -OCH3 is 2. The van der Waals surface area contributed by atoms with Crippen molar-refractivity contribution in [1.29, 1.82) is 0 Å². The molecule has 204 valence electrons. The molecule has 0 fully saturated rings. The summed E-state index contributed by atoms with van der Waals surface area (Å²) in [5.41, 5.74) is 5.76. The molecule has 0 aliphatic heterocycles. The lowest BCUT2D eigenvalue weighted by Crippen LogP contribution is -2.33. The molecule has 0 saturated carbocycles. The van der Waals surface area contributed by atoms with Crippen LogP contribution in [0.25, 0.3) is 0 Å². The molecule has 10 nitrogen and oxygen atoms in total. The van der Waals surface area contributed by atoms with Crippen LogP contribution >= 0.6 is 0 Å². The van der Waals surface area contributed by atoms with E-state index < -0.39 is 17.7 Å². The van der Waals surface area contributed by atoms with Crippen molar-refractivity contribution in [3.63, 3.8) is 0 Å². The third-order valence-corrected chi connectivity index (χ3v) is 5.76. The minimum absolute atomic E-state index is 0.247. The Labute approximate surface area is 227 Å². The summed E-state index contributed by atoms with van der Waals surface area (Å²) in [4.78, 5) is 37.4. The number of hydrazone groups is 1. The van der Waals surface area contributed by atoms with Gasteiger partial charge in [-0.05, 0) is 60.4 Å². The number of carbonyl (C=O) groups is 3. The molecule has 3 N–H and O–H groups in total. The summed E-state index contributed by atoms with van der Waals surface area (Å²) in [6.07, 6.45) is 2.72.